The minimum absolute atomic E-state index is 0.246. The van der Waals surface area contributed by atoms with Gasteiger partial charge in [0.2, 0.25) is 0 Å². The molecule has 7 heteroatoms. The van der Waals surface area contributed by atoms with Gasteiger partial charge in [0.25, 0.3) is 5.56 Å². The molecule has 0 aliphatic carbocycles. The van der Waals surface area contributed by atoms with Crippen molar-refractivity contribution >= 4 is 5.97 Å². The first-order chi connectivity index (χ1) is 7.45. The van der Waals surface area contributed by atoms with Gasteiger partial charge in [-0.2, -0.15) is 5.26 Å². The van der Waals surface area contributed by atoms with E-state index in [-0.39, 0.29) is 12.0 Å². The molecule has 1 heterocycles. The number of rotatable bonds is 3. The lowest BCUT2D eigenvalue weighted by Gasteiger charge is -2.14. The molecule has 0 saturated carbocycles. The Morgan fingerprint density at radius 2 is 2.31 bits per heavy atom. The Hall–Kier alpha value is -2.36. The summed E-state index contributed by atoms with van der Waals surface area (Å²) in [5.74, 6) is -1.32. The van der Waals surface area contributed by atoms with Gasteiger partial charge >= 0.3 is 5.69 Å². The van der Waals surface area contributed by atoms with Gasteiger partial charge in [-0.05, 0) is 6.92 Å². The molecule has 0 saturated heterocycles. The number of nitrogens with one attached hydrogen (secondary N) is 1. The van der Waals surface area contributed by atoms with Gasteiger partial charge in [0.05, 0.1) is 0 Å². The van der Waals surface area contributed by atoms with Crippen LogP contribution in [-0.2, 0) is 4.79 Å². The van der Waals surface area contributed by atoms with Gasteiger partial charge in [-0.3, -0.25) is 14.3 Å². The SMILES string of the molecule is CC(CC(=O)[O-])n1cc(C#N)c(=O)[nH]c1=O. The van der Waals surface area contributed by atoms with Crippen molar-refractivity contribution in [1.82, 2.24) is 9.55 Å². The molecule has 0 aliphatic heterocycles. The molecule has 1 N–H and O–H groups in total. The van der Waals surface area contributed by atoms with Crippen molar-refractivity contribution in [3.05, 3.63) is 32.6 Å². The second-order valence-electron chi connectivity index (χ2n) is 3.25. The summed E-state index contributed by atoms with van der Waals surface area (Å²) < 4.78 is 0.982. The van der Waals surface area contributed by atoms with Gasteiger partial charge in [0, 0.05) is 24.6 Å². The fourth-order valence-electron chi connectivity index (χ4n) is 1.23. The van der Waals surface area contributed by atoms with Crippen LogP contribution in [0.4, 0.5) is 0 Å². The molecule has 0 aliphatic rings. The van der Waals surface area contributed by atoms with Crippen LogP contribution >= 0.6 is 0 Å². The number of hydrogen-bond donors (Lipinski definition) is 1. The van der Waals surface area contributed by atoms with Crippen molar-refractivity contribution in [1.29, 1.82) is 5.26 Å². The number of hydrogen-bond acceptors (Lipinski definition) is 5. The molecule has 0 amide bonds. The lowest BCUT2D eigenvalue weighted by molar-refractivity contribution is -0.306. The third-order valence-electron chi connectivity index (χ3n) is 2.03. The molecule has 0 fully saturated rings. The highest BCUT2D eigenvalue weighted by Crippen LogP contribution is 2.05. The molecule has 16 heavy (non-hydrogen) atoms. The fourth-order valence-corrected chi connectivity index (χ4v) is 1.23. The summed E-state index contributed by atoms with van der Waals surface area (Å²) in [5.41, 5.74) is -1.79. The van der Waals surface area contributed by atoms with E-state index in [0.717, 1.165) is 10.8 Å². The number of aliphatic carboxylic acids is 1. The number of nitrogens with zero attached hydrogens (tertiary/aromatic N) is 2. The van der Waals surface area contributed by atoms with Crippen LogP contribution in [-0.4, -0.2) is 15.5 Å². The molecular weight excluding hydrogens is 214 g/mol. The minimum Gasteiger partial charge on any atom is -0.550 e. The number of carboxylic acids is 1. The zero-order valence-electron chi connectivity index (χ0n) is 8.39. The highest BCUT2D eigenvalue weighted by Gasteiger charge is 2.10. The van der Waals surface area contributed by atoms with E-state index in [1.54, 1.807) is 6.07 Å². The molecule has 1 unspecified atom stereocenters. The maximum atomic E-state index is 11.3. The Morgan fingerprint density at radius 3 is 2.81 bits per heavy atom. The van der Waals surface area contributed by atoms with Crippen LogP contribution in [0.5, 0.6) is 0 Å². The normalized spacial score (nSPS) is 11.8. The van der Waals surface area contributed by atoms with Gasteiger partial charge in [-0.1, -0.05) is 0 Å². The van der Waals surface area contributed by atoms with Crippen molar-refractivity contribution < 1.29 is 9.90 Å². The second kappa shape index (κ2) is 4.44. The smallest absolute Gasteiger partial charge is 0.328 e. The van der Waals surface area contributed by atoms with Crippen LogP contribution < -0.4 is 16.4 Å². The predicted octanol–water partition coefficient (Wildman–Crippen LogP) is -1.89. The lowest BCUT2D eigenvalue weighted by Crippen LogP contribution is -2.35. The van der Waals surface area contributed by atoms with Crippen molar-refractivity contribution in [3.63, 3.8) is 0 Å². The van der Waals surface area contributed by atoms with Crippen LogP contribution in [0.2, 0.25) is 0 Å². The molecule has 1 aromatic rings. The molecule has 84 valence electrons. The molecule has 1 atom stereocenters. The van der Waals surface area contributed by atoms with Crippen LogP contribution in [0.25, 0.3) is 0 Å². The van der Waals surface area contributed by atoms with E-state index < -0.39 is 23.3 Å². The minimum atomic E-state index is -1.32. The van der Waals surface area contributed by atoms with E-state index in [1.165, 1.54) is 6.92 Å². The highest BCUT2D eigenvalue weighted by molar-refractivity contribution is 5.64. The number of aromatic amines is 1. The molecule has 0 spiro atoms. The Morgan fingerprint density at radius 1 is 1.69 bits per heavy atom. The van der Waals surface area contributed by atoms with Gasteiger partial charge in [-0.15, -0.1) is 0 Å². The first-order valence-electron chi connectivity index (χ1n) is 4.41. The van der Waals surface area contributed by atoms with Gasteiger partial charge in [-0.25, -0.2) is 4.79 Å². The molecular formula is C9H8N3O4-. The fraction of sp³-hybridized carbons (Fsp3) is 0.333. The zero-order valence-corrected chi connectivity index (χ0v) is 8.39. The van der Waals surface area contributed by atoms with Crippen molar-refractivity contribution in [2.24, 2.45) is 0 Å². The topological polar surface area (TPSA) is 119 Å². The molecule has 1 rings (SSSR count). The van der Waals surface area contributed by atoms with Gasteiger partial charge in [0.15, 0.2) is 0 Å². The summed E-state index contributed by atoms with van der Waals surface area (Å²) in [6.07, 6.45) is 0.658. The Labute approximate surface area is 89.6 Å². The Balaban J connectivity index is 3.25. The first-order valence-corrected chi connectivity index (χ1v) is 4.41. The third kappa shape index (κ3) is 2.36. The predicted molar refractivity (Wildman–Crippen MR) is 50.4 cm³/mol. The highest BCUT2D eigenvalue weighted by atomic mass is 16.4. The first kappa shape index (κ1) is 11.7. The third-order valence-corrected chi connectivity index (χ3v) is 2.03. The van der Waals surface area contributed by atoms with Crippen LogP contribution in [0, 0.1) is 11.3 Å². The summed E-state index contributed by atoms with van der Waals surface area (Å²) in [6.45, 7) is 1.47. The maximum Gasteiger partial charge on any atom is 0.328 e. The van der Waals surface area contributed by atoms with Crippen molar-refractivity contribution in [2.45, 2.75) is 19.4 Å². The second-order valence-corrected chi connectivity index (χ2v) is 3.25. The van der Waals surface area contributed by atoms with Gasteiger partial charge in [0.1, 0.15) is 11.6 Å². The van der Waals surface area contributed by atoms with E-state index in [2.05, 4.69) is 0 Å². The van der Waals surface area contributed by atoms with E-state index >= 15 is 0 Å². The summed E-state index contributed by atoms with van der Waals surface area (Å²) in [6, 6.07) is 0.911. The maximum absolute atomic E-state index is 11.3. The van der Waals surface area contributed by atoms with Crippen molar-refractivity contribution in [3.8, 4) is 6.07 Å². The number of H-pyrrole nitrogens is 1. The lowest BCUT2D eigenvalue weighted by atomic mass is 10.2. The van der Waals surface area contributed by atoms with Crippen LogP contribution in [0.3, 0.4) is 0 Å². The molecule has 0 radical (unpaired) electrons. The summed E-state index contributed by atoms with van der Waals surface area (Å²) in [4.78, 5) is 34.6. The number of nitriles is 1. The summed E-state index contributed by atoms with van der Waals surface area (Å²) in [5, 5.41) is 18.9. The average Bonchev–Trinajstić information content (AvgIpc) is 2.16. The van der Waals surface area contributed by atoms with E-state index in [0.29, 0.717) is 0 Å². The van der Waals surface area contributed by atoms with E-state index in [4.69, 9.17) is 5.26 Å². The van der Waals surface area contributed by atoms with E-state index in [1.807, 2.05) is 4.98 Å². The molecule has 0 aromatic carbocycles. The summed E-state index contributed by atoms with van der Waals surface area (Å²) >= 11 is 0. The quantitative estimate of drug-likeness (QED) is 0.641. The Kier molecular flexibility index (Phi) is 3.25. The Bertz CT molecular complexity index is 563. The van der Waals surface area contributed by atoms with Crippen LogP contribution in [0.1, 0.15) is 24.9 Å². The molecule has 0 bridgehead atoms. The van der Waals surface area contributed by atoms with Crippen LogP contribution in [0.15, 0.2) is 15.8 Å². The number of aromatic nitrogens is 2. The summed E-state index contributed by atoms with van der Waals surface area (Å²) in [7, 11) is 0. The average molecular weight is 222 g/mol. The van der Waals surface area contributed by atoms with Crippen molar-refractivity contribution in [2.75, 3.05) is 0 Å². The monoisotopic (exact) mass is 222 g/mol. The largest absolute Gasteiger partial charge is 0.550 e. The number of carboxylic acid groups (broad SMARTS) is 1. The number of carbonyl (C=O) groups is 1. The zero-order chi connectivity index (χ0) is 12.3. The molecule has 7 nitrogen and oxygen atoms in total. The molecule has 1 aromatic heterocycles. The van der Waals surface area contributed by atoms with Gasteiger partial charge < -0.3 is 9.90 Å². The standard InChI is InChI=1S/C9H9N3O4/c1-5(2-7(13)14)12-4-6(3-10)8(15)11-9(12)16/h4-5H,2H2,1H3,(H,13,14)(H,11,15,16)/p-1. The van der Waals surface area contributed by atoms with E-state index in [9.17, 15) is 19.5 Å². The number of carbonyl (C=O) groups excluding carboxylic acids is 1.